The molecule has 1 amide bonds. The second-order valence-corrected chi connectivity index (χ2v) is 5.85. The molecule has 98 valence electrons. The first-order valence-electron chi connectivity index (χ1n) is 6.53. The second kappa shape index (κ2) is 5.75. The van der Waals surface area contributed by atoms with E-state index in [1.54, 1.807) is 0 Å². The third-order valence-corrected chi connectivity index (χ3v) is 4.24. The number of piperidine rings is 1. The van der Waals surface area contributed by atoms with E-state index in [9.17, 15) is 4.79 Å². The molecule has 0 aliphatic carbocycles. The van der Waals surface area contributed by atoms with Crippen LogP contribution in [0.15, 0.2) is 24.3 Å². The summed E-state index contributed by atoms with van der Waals surface area (Å²) in [6, 6.07) is 8.15. The minimum absolute atomic E-state index is 0.216. The van der Waals surface area contributed by atoms with Gasteiger partial charge in [0.25, 0.3) is 0 Å². The van der Waals surface area contributed by atoms with Crippen LogP contribution in [-0.4, -0.2) is 29.3 Å². The fourth-order valence-electron chi connectivity index (χ4n) is 2.45. The van der Waals surface area contributed by atoms with Crippen LogP contribution >= 0.6 is 11.6 Å². The standard InChI is InChI=1S/C15H20ClNO/c1-11-4-3-5-13(8-11)9-15(18)17-7-6-14(16)12(2)10-17/h3-5,8,12,14H,6-7,9-10H2,1-2H3. The van der Waals surface area contributed by atoms with Gasteiger partial charge in [0.05, 0.1) is 6.42 Å². The van der Waals surface area contributed by atoms with Gasteiger partial charge < -0.3 is 4.90 Å². The number of rotatable bonds is 2. The third kappa shape index (κ3) is 3.26. The maximum Gasteiger partial charge on any atom is 0.227 e. The number of carbonyl (C=O) groups excluding carboxylic acids is 1. The Morgan fingerprint density at radius 1 is 1.50 bits per heavy atom. The highest BCUT2D eigenvalue weighted by molar-refractivity contribution is 6.20. The Bertz CT molecular complexity index is 432. The molecule has 1 aliphatic heterocycles. The lowest BCUT2D eigenvalue weighted by Gasteiger charge is -2.34. The molecule has 2 unspecified atom stereocenters. The van der Waals surface area contributed by atoms with Crippen molar-refractivity contribution in [2.75, 3.05) is 13.1 Å². The molecule has 3 heteroatoms. The molecule has 1 saturated heterocycles. The molecule has 2 rings (SSSR count). The highest BCUT2D eigenvalue weighted by Gasteiger charge is 2.26. The van der Waals surface area contributed by atoms with E-state index in [1.165, 1.54) is 5.56 Å². The SMILES string of the molecule is Cc1cccc(CC(=O)N2CCC(Cl)C(C)C2)c1. The van der Waals surface area contributed by atoms with Crippen LogP contribution in [-0.2, 0) is 11.2 Å². The normalized spacial score (nSPS) is 24.1. The van der Waals surface area contributed by atoms with Gasteiger partial charge in [-0.05, 0) is 24.8 Å². The van der Waals surface area contributed by atoms with E-state index in [1.807, 2.05) is 17.0 Å². The number of hydrogen-bond donors (Lipinski definition) is 0. The molecular weight excluding hydrogens is 246 g/mol. The van der Waals surface area contributed by atoms with Crippen LogP contribution in [0.3, 0.4) is 0 Å². The summed E-state index contributed by atoms with van der Waals surface area (Å²) < 4.78 is 0. The molecule has 0 bridgehead atoms. The summed E-state index contributed by atoms with van der Waals surface area (Å²) in [5.74, 6) is 0.609. The van der Waals surface area contributed by atoms with Crippen molar-refractivity contribution < 1.29 is 4.79 Å². The molecule has 2 nitrogen and oxygen atoms in total. The molecule has 0 aromatic heterocycles. The van der Waals surface area contributed by atoms with Gasteiger partial charge in [-0.25, -0.2) is 0 Å². The predicted molar refractivity (Wildman–Crippen MR) is 74.9 cm³/mol. The summed E-state index contributed by atoms with van der Waals surface area (Å²) in [4.78, 5) is 14.2. The van der Waals surface area contributed by atoms with Crippen molar-refractivity contribution in [2.24, 2.45) is 5.92 Å². The average molecular weight is 266 g/mol. The van der Waals surface area contributed by atoms with Crippen molar-refractivity contribution >= 4 is 17.5 Å². The second-order valence-electron chi connectivity index (χ2n) is 5.29. The van der Waals surface area contributed by atoms with Crippen LogP contribution in [0, 0.1) is 12.8 Å². The van der Waals surface area contributed by atoms with E-state index in [0.717, 1.165) is 25.1 Å². The Morgan fingerprint density at radius 2 is 2.28 bits per heavy atom. The lowest BCUT2D eigenvalue weighted by Crippen LogP contribution is -2.44. The van der Waals surface area contributed by atoms with E-state index in [4.69, 9.17) is 11.6 Å². The number of aryl methyl sites for hydroxylation is 1. The summed E-state index contributed by atoms with van der Waals surface area (Å²) >= 11 is 6.18. The molecule has 1 heterocycles. The Balaban J connectivity index is 1.96. The van der Waals surface area contributed by atoms with Crippen molar-refractivity contribution in [1.29, 1.82) is 0 Å². The monoisotopic (exact) mass is 265 g/mol. The van der Waals surface area contributed by atoms with E-state index in [-0.39, 0.29) is 11.3 Å². The van der Waals surface area contributed by atoms with Crippen LogP contribution in [0.5, 0.6) is 0 Å². The number of amides is 1. The van der Waals surface area contributed by atoms with E-state index >= 15 is 0 Å². The lowest BCUT2D eigenvalue weighted by molar-refractivity contribution is -0.132. The maximum atomic E-state index is 12.2. The zero-order valence-corrected chi connectivity index (χ0v) is 11.8. The largest absolute Gasteiger partial charge is 0.342 e. The minimum atomic E-state index is 0.216. The van der Waals surface area contributed by atoms with Crippen molar-refractivity contribution in [1.82, 2.24) is 4.90 Å². The number of alkyl halides is 1. The molecule has 1 aliphatic rings. The summed E-state index contributed by atoms with van der Waals surface area (Å²) in [5.41, 5.74) is 2.30. The number of likely N-dealkylation sites (tertiary alicyclic amines) is 1. The van der Waals surface area contributed by atoms with Gasteiger partial charge in [0.15, 0.2) is 0 Å². The minimum Gasteiger partial charge on any atom is -0.342 e. The highest BCUT2D eigenvalue weighted by Crippen LogP contribution is 2.22. The van der Waals surface area contributed by atoms with Crippen molar-refractivity contribution in [3.8, 4) is 0 Å². The van der Waals surface area contributed by atoms with E-state index < -0.39 is 0 Å². The average Bonchev–Trinajstić information content (AvgIpc) is 2.32. The van der Waals surface area contributed by atoms with Gasteiger partial charge in [-0.2, -0.15) is 0 Å². The summed E-state index contributed by atoms with van der Waals surface area (Å²) in [6.45, 7) is 5.75. The number of benzene rings is 1. The van der Waals surface area contributed by atoms with Crippen LogP contribution < -0.4 is 0 Å². The summed E-state index contributed by atoms with van der Waals surface area (Å²) in [6.07, 6.45) is 1.41. The first kappa shape index (κ1) is 13.4. The summed E-state index contributed by atoms with van der Waals surface area (Å²) in [7, 11) is 0. The topological polar surface area (TPSA) is 20.3 Å². The van der Waals surface area contributed by atoms with E-state index in [0.29, 0.717) is 12.3 Å². The third-order valence-electron chi connectivity index (χ3n) is 3.59. The quantitative estimate of drug-likeness (QED) is 0.753. The zero-order valence-electron chi connectivity index (χ0n) is 11.0. The fourth-order valence-corrected chi connectivity index (χ4v) is 2.63. The molecule has 1 aromatic rings. The van der Waals surface area contributed by atoms with Gasteiger partial charge in [-0.3, -0.25) is 4.79 Å². The van der Waals surface area contributed by atoms with Crippen molar-refractivity contribution in [2.45, 2.75) is 32.1 Å². The van der Waals surface area contributed by atoms with Gasteiger partial charge in [-0.1, -0.05) is 36.8 Å². The number of carbonyl (C=O) groups is 1. The molecule has 0 radical (unpaired) electrons. The Morgan fingerprint density at radius 3 is 2.94 bits per heavy atom. The van der Waals surface area contributed by atoms with Crippen molar-refractivity contribution in [3.05, 3.63) is 35.4 Å². The zero-order chi connectivity index (χ0) is 13.1. The first-order chi connectivity index (χ1) is 8.56. The predicted octanol–water partition coefficient (Wildman–Crippen LogP) is 3.01. The van der Waals surface area contributed by atoms with Gasteiger partial charge in [0, 0.05) is 18.5 Å². The highest BCUT2D eigenvalue weighted by atomic mass is 35.5. The number of hydrogen-bond acceptors (Lipinski definition) is 1. The molecule has 0 spiro atoms. The lowest BCUT2D eigenvalue weighted by atomic mass is 9.98. The van der Waals surface area contributed by atoms with Crippen LogP contribution in [0.2, 0.25) is 0 Å². The molecule has 18 heavy (non-hydrogen) atoms. The Labute approximate surface area is 114 Å². The van der Waals surface area contributed by atoms with Gasteiger partial charge in [0.2, 0.25) is 5.91 Å². The summed E-state index contributed by atoms with van der Waals surface area (Å²) in [5, 5.41) is 0.216. The fraction of sp³-hybridized carbons (Fsp3) is 0.533. The molecular formula is C15H20ClNO. The Hall–Kier alpha value is -1.02. The molecule has 2 atom stereocenters. The molecule has 1 fully saturated rings. The van der Waals surface area contributed by atoms with Crippen LogP contribution in [0.25, 0.3) is 0 Å². The molecule has 0 N–H and O–H groups in total. The molecule has 0 saturated carbocycles. The van der Waals surface area contributed by atoms with Crippen LogP contribution in [0.4, 0.5) is 0 Å². The maximum absolute atomic E-state index is 12.2. The van der Waals surface area contributed by atoms with E-state index in [2.05, 4.69) is 26.0 Å². The smallest absolute Gasteiger partial charge is 0.227 e. The first-order valence-corrected chi connectivity index (χ1v) is 6.97. The van der Waals surface area contributed by atoms with Gasteiger partial charge in [0.1, 0.15) is 0 Å². The number of halogens is 1. The Kier molecular flexibility index (Phi) is 4.28. The van der Waals surface area contributed by atoms with Crippen molar-refractivity contribution in [3.63, 3.8) is 0 Å². The molecule has 1 aromatic carbocycles. The van der Waals surface area contributed by atoms with Gasteiger partial charge in [-0.15, -0.1) is 11.6 Å². The number of nitrogens with zero attached hydrogens (tertiary/aromatic N) is 1. The van der Waals surface area contributed by atoms with Crippen LogP contribution in [0.1, 0.15) is 24.5 Å². The van der Waals surface area contributed by atoms with Gasteiger partial charge >= 0.3 is 0 Å².